The fraction of sp³-hybridized carbons (Fsp3) is 0.958. The van der Waals surface area contributed by atoms with E-state index < -0.39 is 57.3 Å². The predicted molar refractivity (Wildman–Crippen MR) is 174 cm³/mol. The number of methoxy groups -OCH3 is 1. The normalized spacial score (nSPS) is 17.6. The van der Waals surface area contributed by atoms with E-state index >= 15 is 0 Å². The minimum Gasteiger partial charge on any atom is -0.481 e. The molecule has 234 valence electrons. The molecule has 0 rings (SSSR count). The van der Waals surface area contributed by atoms with Crippen molar-refractivity contribution >= 4 is 57.3 Å². The van der Waals surface area contributed by atoms with Crippen molar-refractivity contribution in [2.45, 2.75) is 116 Å². The highest BCUT2D eigenvalue weighted by Gasteiger charge is 2.48. The zero-order valence-corrected chi connectivity index (χ0v) is 33.2. The van der Waals surface area contributed by atoms with Crippen LogP contribution in [-0.2, 0) is 35.2 Å². The summed E-state index contributed by atoms with van der Waals surface area (Å²) < 4.78 is 45.0. The molecule has 0 amide bonds. The van der Waals surface area contributed by atoms with Crippen molar-refractivity contribution in [3.63, 3.8) is 0 Å². The van der Waals surface area contributed by atoms with Gasteiger partial charge in [-0.25, -0.2) is 0 Å². The highest BCUT2D eigenvalue weighted by molar-refractivity contribution is 6.89. The summed E-state index contributed by atoms with van der Waals surface area (Å²) in [6, 6.07) is 2.59. The summed E-state index contributed by atoms with van der Waals surface area (Å²) in [5.74, 6) is -0.795. The van der Waals surface area contributed by atoms with Crippen LogP contribution in [0.2, 0.25) is 83.6 Å². The maximum Gasteiger partial charge on any atom is 0.326 e. The van der Waals surface area contributed by atoms with Gasteiger partial charge in [-0.2, -0.15) is 0 Å². The molecule has 3 unspecified atom stereocenters. The molecule has 0 bridgehead atoms. The Bertz CT molecular complexity index is 697. The van der Waals surface area contributed by atoms with Gasteiger partial charge in [-0.1, -0.05) is 6.92 Å². The van der Waals surface area contributed by atoms with Crippen LogP contribution >= 0.6 is 0 Å². The molecule has 9 nitrogen and oxygen atoms in total. The van der Waals surface area contributed by atoms with Gasteiger partial charge in [-0.05, 0) is 103 Å². The highest BCUT2D eigenvalue weighted by atomic mass is 28.5. The van der Waals surface area contributed by atoms with E-state index in [0.717, 1.165) is 31.0 Å². The smallest absolute Gasteiger partial charge is 0.326 e. The number of rotatable bonds is 24. The molecular formula is C24H60O9Si6. The van der Waals surface area contributed by atoms with Gasteiger partial charge >= 0.3 is 31.7 Å². The molecule has 0 aliphatic carbocycles. The third-order valence-corrected chi connectivity index (χ3v) is 27.5. The van der Waals surface area contributed by atoms with E-state index in [4.69, 9.17) is 35.5 Å². The Morgan fingerprint density at radius 1 is 0.795 bits per heavy atom. The Labute approximate surface area is 246 Å². The van der Waals surface area contributed by atoms with E-state index in [1.54, 1.807) is 7.11 Å². The first-order valence-corrected chi connectivity index (χ1v) is 31.4. The highest BCUT2D eigenvalue weighted by Crippen LogP contribution is 2.31. The van der Waals surface area contributed by atoms with Crippen molar-refractivity contribution in [3.05, 3.63) is 0 Å². The Morgan fingerprint density at radius 3 is 1.87 bits per heavy atom. The molecule has 3 atom stereocenters. The quantitative estimate of drug-likeness (QED) is 0.0961. The lowest BCUT2D eigenvalue weighted by atomic mass is 10.3. The zero-order chi connectivity index (χ0) is 30.4. The van der Waals surface area contributed by atoms with Crippen LogP contribution in [0.25, 0.3) is 0 Å². The molecule has 0 aliphatic rings. The van der Waals surface area contributed by atoms with Gasteiger partial charge in [0.05, 0.1) is 6.23 Å². The molecule has 39 heavy (non-hydrogen) atoms. The second-order valence-corrected chi connectivity index (χ2v) is 34.9. The van der Waals surface area contributed by atoms with Gasteiger partial charge < -0.3 is 35.5 Å². The van der Waals surface area contributed by atoms with Gasteiger partial charge in [0.25, 0.3) is 0 Å². The number of carbonyl (C=O) groups is 1. The molecule has 0 radical (unpaired) electrons. The third kappa shape index (κ3) is 20.1. The summed E-state index contributed by atoms with van der Waals surface area (Å²) in [7, 11) is -11.1. The SMILES string of the molecule is CC[Si](C)(CO[Si](C)(CCCOC)O[Si](C)(CCCOCCCC(=O)O)O[Si](C)(C)O[Si](C)(C)C)O[SiH](C)C. The van der Waals surface area contributed by atoms with Crippen molar-refractivity contribution in [3.8, 4) is 0 Å². The monoisotopic (exact) mass is 660 g/mol. The third-order valence-electron chi connectivity index (χ3n) is 5.97. The van der Waals surface area contributed by atoms with Crippen LogP contribution in [0.5, 0.6) is 0 Å². The van der Waals surface area contributed by atoms with E-state index in [-0.39, 0.29) is 6.42 Å². The van der Waals surface area contributed by atoms with Crippen LogP contribution in [0.15, 0.2) is 0 Å². The van der Waals surface area contributed by atoms with E-state index in [1.807, 2.05) is 0 Å². The predicted octanol–water partition coefficient (Wildman–Crippen LogP) is 6.18. The Morgan fingerprint density at radius 2 is 1.36 bits per heavy atom. The van der Waals surface area contributed by atoms with Crippen LogP contribution in [0.4, 0.5) is 0 Å². The fourth-order valence-corrected chi connectivity index (χ4v) is 30.7. The number of hydrogen-bond donors (Lipinski definition) is 1. The van der Waals surface area contributed by atoms with Crippen LogP contribution in [-0.4, -0.2) is 95.6 Å². The van der Waals surface area contributed by atoms with Crippen molar-refractivity contribution in [1.82, 2.24) is 0 Å². The minimum atomic E-state index is -2.74. The second kappa shape index (κ2) is 18.2. The van der Waals surface area contributed by atoms with E-state index in [9.17, 15) is 4.79 Å². The Hall–Kier alpha value is 0.491. The first kappa shape index (κ1) is 39.5. The minimum absolute atomic E-state index is 0.123. The summed E-state index contributed by atoms with van der Waals surface area (Å²) in [5, 5.41) is 8.84. The first-order valence-electron chi connectivity index (χ1n) is 14.5. The summed E-state index contributed by atoms with van der Waals surface area (Å²) in [6.45, 7) is 25.7. The van der Waals surface area contributed by atoms with Gasteiger partial charge in [0.1, 0.15) is 0 Å². The van der Waals surface area contributed by atoms with E-state index in [1.165, 1.54) is 0 Å². The summed E-state index contributed by atoms with van der Waals surface area (Å²) in [6.07, 6.45) is 2.92. The summed E-state index contributed by atoms with van der Waals surface area (Å²) in [4.78, 5) is 10.8. The van der Waals surface area contributed by atoms with Crippen LogP contribution in [0.1, 0.15) is 32.6 Å². The van der Waals surface area contributed by atoms with Crippen molar-refractivity contribution in [2.75, 3.05) is 33.2 Å². The number of hydrogen-bond acceptors (Lipinski definition) is 8. The molecule has 15 heteroatoms. The molecule has 0 aromatic rings. The second-order valence-electron chi connectivity index (χ2n) is 12.7. The molecule has 0 heterocycles. The van der Waals surface area contributed by atoms with Gasteiger partial charge in [-0.3, -0.25) is 4.79 Å². The van der Waals surface area contributed by atoms with Crippen molar-refractivity contribution in [1.29, 1.82) is 0 Å². The summed E-state index contributed by atoms with van der Waals surface area (Å²) in [5.41, 5.74) is 0. The average molecular weight is 661 g/mol. The van der Waals surface area contributed by atoms with Crippen LogP contribution < -0.4 is 0 Å². The molecule has 0 saturated heterocycles. The van der Waals surface area contributed by atoms with Crippen molar-refractivity contribution < 1.29 is 40.3 Å². The van der Waals surface area contributed by atoms with Gasteiger partial charge in [-0.15, -0.1) is 0 Å². The van der Waals surface area contributed by atoms with E-state index in [2.05, 4.69) is 72.4 Å². The van der Waals surface area contributed by atoms with Gasteiger partial charge in [0.2, 0.25) is 8.32 Å². The van der Waals surface area contributed by atoms with Crippen molar-refractivity contribution in [2.24, 2.45) is 0 Å². The molecule has 0 spiro atoms. The molecular weight excluding hydrogens is 601 g/mol. The molecule has 0 aromatic heterocycles. The number of carboxylic acid groups (broad SMARTS) is 1. The lowest BCUT2D eigenvalue weighted by Crippen LogP contribution is -2.59. The maximum absolute atomic E-state index is 10.8. The lowest BCUT2D eigenvalue weighted by molar-refractivity contribution is -0.137. The summed E-state index contributed by atoms with van der Waals surface area (Å²) >= 11 is 0. The first-order chi connectivity index (χ1) is 17.8. The zero-order valence-electron chi connectivity index (χ0n) is 27.1. The van der Waals surface area contributed by atoms with Crippen LogP contribution in [0, 0.1) is 0 Å². The molecule has 0 fully saturated rings. The van der Waals surface area contributed by atoms with E-state index in [0.29, 0.717) is 32.5 Å². The Kier molecular flexibility index (Phi) is 18.5. The number of ether oxygens (including phenoxy) is 2. The van der Waals surface area contributed by atoms with Crippen LogP contribution in [0.3, 0.4) is 0 Å². The lowest BCUT2D eigenvalue weighted by Gasteiger charge is -2.43. The number of aliphatic carboxylic acids is 1. The molecule has 0 aromatic carbocycles. The molecule has 0 aliphatic heterocycles. The maximum atomic E-state index is 10.8. The average Bonchev–Trinajstić information content (AvgIpc) is 2.74. The molecule has 0 saturated carbocycles. The standard InChI is InChI=1S/C24H60O9Si6/c1-13-37(10,30-34(3)4)23-29-38(11,21-15-18-27-2)33-39(12,32-36(8,9)31-35(5,6)7)22-16-20-28-19-14-17-24(25)26/h34H,13-23H2,1-12H3,(H,25,26). The largest absolute Gasteiger partial charge is 0.481 e. The number of carboxylic acids is 1. The Balaban J connectivity index is 5.77. The van der Waals surface area contributed by atoms with Gasteiger partial charge in [0, 0.05) is 33.4 Å². The molecule has 1 N–H and O–H groups in total. The topological polar surface area (TPSA) is 102 Å². The fourth-order valence-electron chi connectivity index (χ4n) is 4.56. The van der Waals surface area contributed by atoms with Gasteiger partial charge in [0.15, 0.2) is 17.4 Å².